The fraction of sp³-hybridized carbons (Fsp3) is 0.500. The van der Waals surface area contributed by atoms with Crippen LogP contribution in [0.15, 0.2) is 24.3 Å². The second kappa shape index (κ2) is 5.33. The third-order valence-corrected chi connectivity index (χ3v) is 4.48. The van der Waals surface area contributed by atoms with E-state index < -0.39 is 11.3 Å². The first-order valence-corrected chi connectivity index (χ1v) is 7.31. The van der Waals surface area contributed by atoms with Crippen LogP contribution in [0, 0.1) is 16.7 Å². The molecule has 2 saturated heterocycles. The van der Waals surface area contributed by atoms with E-state index in [4.69, 9.17) is 5.26 Å². The predicted octanol–water partition coefficient (Wildman–Crippen LogP) is 1.91. The molecule has 6 heteroatoms. The highest BCUT2D eigenvalue weighted by Crippen LogP contribution is 2.43. The van der Waals surface area contributed by atoms with Crippen molar-refractivity contribution < 1.29 is 13.6 Å². The van der Waals surface area contributed by atoms with E-state index in [9.17, 15) is 13.6 Å². The number of piperidine rings is 1. The van der Waals surface area contributed by atoms with Gasteiger partial charge in [0, 0.05) is 26.1 Å². The smallest absolute Gasteiger partial charge is 0.261 e. The molecule has 0 bridgehead atoms. The Hall–Kier alpha value is -2.00. The first kappa shape index (κ1) is 14.9. The Bertz CT molecular complexity index is 641. The van der Waals surface area contributed by atoms with Crippen LogP contribution in [0.3, 0.4) is 0 Å². The molecule has 116 valence electrons. The Morgan fingerprint density at radius 2 is 2.09 bits per heavy atom. The zero-order valence-electron chi connectivity index (χ0n) is 12.1. The molecule has 0 aromatic heterocycles. The summed E-state index contributed by atoms with van der Waals surface area (Å²) in [5.74, 6) is -3.16. The van der Waals surface area contributed by atoms with Gasteiger partial charge in [0.1, 0.15) is 0 Å². The lowest BCUT2D eigenvalue weighted by molar-refractivity contribution is -0.149. The Balaban J connectivity index is 1.85. The highest BCUT2D eigenvalue weighted by atomic mass is 19.3. The molecular weight excluding hydrogens is 288 g/mol. The Kier molecular flexibility index (Phi) is 3.61. The van der Waals surface area contributed by atoms with Gasteiger partial charge >= 0.3 is 0 Å². The van der Waals surface area contributed by atoms with Gasteiger partial charge in [-0.15, -0.1) is 0 Å². The van der Waals surface area contributed by atoms with Gasteiger partial charge in [0.2, 0.25) is 5.91 Å². The van der Waals surface area contributed by atoms with Gasteiger partial charge in [-0.2, -0.15) is 5.26 Å². The monoisotopic (exact) mass is 305 g/mol. The van der Waals surface area contributed by atoms with Crippen LogP contribution in [-0.2, 0) is 11.3 Å². The Morgan fingerprint density at radius 3 is 2.77 bits per heavy atom. The number of hydrogen-bond donors (Lipinski definition) is 1. The van der Waals surface area contributed by atoms with Gasteiger partial charge in [0.25, 0.3) is 5.92 Å². The van der Waals surface area contributed by atoms with Crippen LogP contribution < -0.4 is 5.32 Å². The first-order chi connectivity index (χ1) is 10.4. The summed E-state index contributed by atoms with van der Waals surface area (Å²) in [4.78, 5) is 13.6. The molecule has 1 aromatic carbocycles. The highest BCUT2D eigenvalue weighted by molar-refractivity contribution is 5.85. The molecule has 1 N–H and O–H groups in total. The average molecular weight is 305 g/mol. The van der Waals surface area contributed by atoms with Crippen molar-refractivity contribution in [2.75, 3.05) is 19.6 Å². The van der Waals surface area contributed by atoms with Gasteiger partial charge in [-0.3, -0.25) is 9.69 Å². The second-order valence-corrected chi connectivity index (χ2v) is 6.23. The molecule has 2 aliphatic heterocycles. The summed E-state index contributed by atoms with van der Waals surface area (Å²) in [5, 5.41) is 11.8. The number of alkyl halides is 2. The molecule has 1 atom stereocenters. The lowest BCUT2D eigenvalue weighted by Crippen LogP contribution is -2.54. The molecule has 4 nitrogen and oxygen atoms in total. The molecule has 2 fully saturated rings. The summed E-state index contributed by atoms with van der Waals surface area (Å²) in [6, 6.07) is 9.07. The maximum atomic E-state index is 14.1. The van der Waals surface area contributed by atoms with Crippen molar-refractivity contribution in [2.24, 2.45) is 5.41 Å². The largest absolute Gasteiger partial charge is 0.356 e. The van der Waals surface area contributed by atoms with E-state index in [0.29, 0.717) is 25.1 Å². The van der Waals surface area contributed by atoms with E-state index in [1.54, 1.807) is 29.2 Å². The van der Waals surface area contributed by atoms with Crippen molar-refractivity contribution in [3.8, 4) is 6.07 Å². The van der Waals surface area contributed by atoms with Gasteiger partial charge < -0.3 is 5.32 Å². The van der Waals surface area contributed by atoms with Crippen LogP contribution in [0.4, 0.5) is 8.78 Å². The molecular formula is C16H17F2N3O. The molecule has 0 radical (unpaired) electrons. The minimum absolute atomic E-state index is 0.258. The molecule has 0 saturated carbocycles. The molecule has 2 aliphatic rings. The highest BCUT2D eigenvalue weighted by Gasteiger charge is 2.54. The number of hydrogen-bond acceptors (Lipinski definition) is 3. The molecule has 3 rings (SSSR count). The number of likely N-dealkylation sites (tertiary alicyclic amines) is 1. The van der Waals surface area contributed by atoms with E-state index in [-0.39, 0.29) is 25.4 Å². The summed E-state index contributed by atoms with van der Waals surface area (Å²) in [5.41, 5.74) is 0.209. The number of benzene rings is 1. The fourth-order valence-electron chi connectivity index (χ4n) is 3.57. The van der Waals surface area contributed by atoms with Crippen molar-refractivity contribution in [1.29, 1.82) is 5.26 Å². The number of rotatable bonds is 2. The fourth-order valence-corrected chi connectivity index (χ4v) is 3.57. The predicted molar refractivity (Wildman–Crippen MR) is 76.1 cm³/mol. The van der Waals surface area contributed by atoms with Crippen molar-refractivity contribution >= 4 is 5.91 Å². The SMILES string of the molecule is N#Cc1ccccc1CN1CC(F)(F)C[C@@]2(CCNC2=O)C1. The third-order valence-electron chi connectivity index (χ3n) is 4.48. The summed E-state index contributed by atoms with van der Waals surface area (Å²) < 4.78 is 28.2. The molecule has 1 amide bonds. The molecule has 2 heterocycles. The van der Waals surface area contributed by atoms with E-state index >= 15 is 0 Å². The minimum atomic E-state index is -2.89. The van der Waals surface area contributed by atoms with Crippen LogP contribution in [0.1, 0.15) is 24.0 Å². The minimum Gasteiger partial charge on any atom is -0.356 e. The van der Waals surface area contributed by atoms with Gasteiger partial charge in [-0.25, -0.2) is 8.78 Å². The number of nitrogens with zero attached hydrogens (tertiary/aromatic N) is 2. The topological polar surface area (TPSA) is 56.1 Å². The van der Waals surface area contributed by atoms with Gasteiger partial charge in [0.15, 0.2) is 0 Å². The average Bonchev–Trinajstić information content (AvgIpc) is 2.77. The number of carbonyl (C=O) groups excluding carboxylic acids is 1. The maximum Gasteiger partial charge on any atom is 0.261 e. The van der Waals surface area contributed by atoms with Crippen molar-refractivity contribution in [1.82, 2.24) is 10.2 Å². The van der Waals surface area contributed by atoms with Crippen LogP contribution in [0.25, 0.3) is 0 Å². The summed E-state index contributed by atoms with van der Waals surface area (Å²) in [7, 11) is 0. The number of nitrogens with one attached hydrogen (secondary N) is 1. The van der Waals surface area contributed by atoms with E-state index in [2.05, 4.69) is 11.4 Å². The first-order valence-electron chi connectivity index (χ1n) is 7.31. The van der Waals surface area contributed by atoms with Gasteiger partial charge in [0.05, 0.1) is 23.6 Å². The van der Waals surface area contributed by atoms with E-state index in [0.717, 1.165) is 5.56 Å². The van der Waals surface area contributed by atoms with Crippen LogP contribution in [0.5, 0.6) is 0 Å². The maximum absolute atomic E-state index is 14.1. The summed E-state index contributed by atoms with van der Waals surface area (Å²) >= 11 is 0. The molecule has 0 unspecified atom stereocenters. The normalized spacial score (nSPS) is 27.6. The quantitative estimate of drug-likeness (QED) is 0.908. The molecule has 0 aliphatic carbocycles. The van der Waals surface area contributed by atoms with Gasteiger partial charge in [-0.05, 0) is 18.1 Å². The molecule has 22 heavy (non-hydrogen) atoms. The van der Waals surface area contributed by atoms with Crippen molar-refractivity contribution in [3.05, 3.63) is 35.4 Å². The summed E-state index contributed by atoms with van der Waals surface area (Å²) in [6.07, 6.45) is 0.0556. The van der Waals surface area contributed by atoms with Crippen LogP contribution >= 0.6 is 0 Å². The number of halogens is 2. The molecule has 1 aromatic rings. The van der Waals surface area contributed by atoms with E-state index in [1.165, 1.54) is 0 Å². The number of amides is 1. The summed E-state index contributed by atoms with van der Waals surface area (Å²) in [6.45, 7) is 0.655. The third kappa shape index (κ3) is 2.69. The standard InChI is InChI=1S/C16H17F2N3O/c17-16(18)9-15(5-6-20-14(15)22)10-21(11-16)8-13-4-2-1-3-12(13)7-19/h1-4H,5-6,8-11H2,(H,20,22)/t15-/m0/s1. The number of nitriles is 1. The van der Waals surface area contributed by atoms with Gasteiger partial charge in [-0.1, -0.05) is 18.2 Å². The van der Waals surface area contributed by atoms with E-state index in [1.807, 2.05) is 0 Å². The number of carbonyl (C=O) groups is 1. The van der Waals surface area contributed by atoms with Crippen molar-refractivity contribution in [3.63, 3.8) is 0 Å². The lowest BCUT2D eigenvalue weighted by Gasteiger charge is -2.42. The Labute approximate surface area is 127 Å². The van der Waals surface area contributed by atoms with Crippen LogP contribution in [0.2, 0.25) is 0 Å². The molecule has 1 spiro atoms. The van der Waals surface area contributed by atoms with Crippen LogP contribution in [-0.4, -0.2) is 36.4 Å². The second-order valence-electron chi connectivity index (χ2n) is 6.23. The zero-order chi connectivity index (χ0) is 15.8. The van der Waals surface area contributed by atoms with Crippen molar-refractivity contribution in [2.45, 2.75) is 25.3 Å². The zero-order valence-corrected chi connectivity index (χ0v) is 12.1. The Morgan fingerprint density at radius 1 is 1.32 bits per heavy atom. The lowest BCUT2D eigenvalue weighted by atomic mass is 9.77.